The predicted molar refractivity (Wildman–Crippen MR) is 60.4 cm³/mol. The highest BCUT2D eigenvalue weighted by molar-refractivity contribution is 7.09. The third kappa shape index (κ3) is 2.38. The third-order valence-electron chi connectivity index (χ3n) is 2.39. The minimum Gasteiger partial charge on any atom is -0.354 e. The van der Waals surface area contributed by atoms with Crippen molar-refractivity contribution in [3.8, 4) is 0 Å². The first-order valence-corrected chi connectivity index (χ1v) is 6.03. The Morgan fingerprint density at radius 3 is 3.12 bits per heavy atom. The van der Waals surface area contributed by atoms with Crippen molar-refractivity contribution in [2.75, 3.05) is 19.6 Å². The summed E-state index contributed by atoms with van der Waals surface area (Å²) < 4.78 is 0. The van der Waals surface area contributed by atoms with E-state index in [4.69, 9.17) is 0 Å². The number of carbonyl (C=O) groups is 2. The lowest BCUT2D eigenvalue weighted by atomic mass is 10.3. The van der Waals surface area contributed by atoms with Gasteiger partial charge in [-0.2, -0.15) is 0 Å². The average molecular weight is 239 g/mol. The lowest BCUT2D eigenvalue weighted by Gasteiger charge is -2.17. The zero-order valence-electron chi connectivity index (χ0n) is 9.02. The fourth-order valence-corrected chi connectivity index (χ4v) is 2.19. The molecule has 5 nitrogen and oxygen atoms in total. The topological polar surface area (TPSA) is 62.3 Å². The van der Waals surface area contributed by atoms with E-state index in [9.17, 15) is 9.59 Å². The van der Waals surface area contributed by atoms with Crippen molar-refractivity contribution in [1.82, 2.24) is 15.2 Å². The summed E-state index contributed by atoms with van der Waals surface area (Å²) in [5.74, 6) is -0.251. The van der Waals surface area contributed by atoms with Gasteiger partial charge in [0.2, 0.25) is 5.91 Å². The molecule has 1 fully saturated rings. The molecule has 0 aliphatic carbocycles. The normalized spacial score (nSPS) is 16.8. The van der Waals surface area contributed by atoms with E-state index in [0.29, 0.717) is 18.8 Å². The third-order valence-corrected chi connectivity index (χ3v) is 3.16. The van der Waals surface area contributed by atoms with Crippen molar-refractivity contribution in [1.29, 1.82) is 0 Å². The first kappa shape index (κ1) is 11.1. The van der Waals surface area contributed by atoms with Crippen LogP contribution in [0.2, 0.25) is 0 Å². The van der Waals surface area contributed by atoms with Crippen LogP contribution >= 0.6 is 11.3 Å². The summed E-state index contributed by atoms with van der Waals surface area (Å²) >= 11 is 1.44. The van der Waals surface area contributed by atoms with Gasteiger partial charge in [-0.15, -0.1) is 11.3 Å². The van der Waals surface area contributed by atoms with E-state index in [1.54, 1.807) is 10.3 Å². The van der Waals surface area contributed by atoms with Gasteiger partial charge in [-0.1, -0.05) is 0 Å². The maximum Gasteiger partial charge on any atom is 0.273 e. The van der Waals surface area contributed by atoms with Crippen molar-refractivity contribution < 1.29 is 9.59 Å². The molecule has 2 rings (SSSR count). The van der Waals surface area contributed by atoms with E-state index in [0.717, 1.165) is 11.4 Å². The molecule has 6 heteroatoms. The molecule has 86 valence electrons. The second-order valence-electron chi connectivity index (χ2n) is 3.68. The molecule has 1 N–H and O–H groups in total. The molecule has 0 saturated carbocycles. The van der Waals surface area contributed by atoms with Crippen LogP contribution in [0.5, 0.6) is 0 Å². The Kier molecular flexibility index (Phi) is 3.19. The van der Waals surface area contributed by atoms with Crippen LogP contribution in [0.3, 0.4) is 0 Å². The zero-order chi connectivity index (χ0) is 11.5. The molecule has 1 aromatic heterocycles. The van der Waals surface area contributed by atoms with Crippen LogP contribution < -0.4 is 5.32 Å². The highest BCUT2D eigenvalue weighted by Gasteiger charge is 2.22. The predicted octanol–water partition coefficient (Wildman–Crippen LogP) is 0.414. The molecule has 1 saturated heterocycles. The highest BCUT2D eigenvalue weighted by Crippen LogP contribution is 2.11. The molecule has 2 amide bonds. The maximum atomic E-state index is 12.0. The van der Waals surface area contributed by atoms with Crippen LogP contribution in [-0.2, 0) is 4.79 Å². The van der Waals surface area contributed by atoms with E-state index < -0.39 is 0 Å². The van der Waals surface area contributed by atoms with Gasteiger partial charge in [-0.3, -0.25) is 9.59 Å². The molecular weight excluding hydrogens is 226 g/mol. The van der Waals surface area contributed by atoms with Crippen molar-refractivity contribution >= 4 is 23.2 Å². The van der Waals surface area contributed by atoms with Crippen LogP contribution in [0, 0.1) is 6.92 Å². The number of nitrogens with zero attached hydrogens (tertiary/aromatic N) is 2. The van der Waals surface area contributed by atoms with Gasteiger partial charge in [0.1, 0.15) is 5.69 Å². The van der Waals surface area contributed by atoms with E-state index in [-0.39, 0.29) is 18.4 Å². The largest absolute Gasteiger partial charge is 0.354 e. The summed E-state index contributed by atoms with van der Waals surface area (Å²) in [7, 11) is 0. The summed E-state index contributed by atoms with van der Waals surface area (Å²) in [5, 5.41) is 5.34. The van der Waals surface area contributed by atoms with Gasteiger partial charge >= 0.3 is 0 Å². The first-order valence-electron chi connectivity index (χ1n) is 5.15. The monoisotopic (exact) mass is 239 g/mol. The molecule has 1 aromatic rings. The van der Waals surface area contributed by atoms with E-state index in [2.05, 4.69) is 10.3 Å². The van der Waals surface area contributed by atoms with Crippen LogP contribution in [-0.4, -0.2) is 41.3 Å². The van der Waals surface area contributed by atoms with Gasteiger partial charge < -0.3 is 10.2 Å². The molecule has 0 aromatic carbocycles. The molecule has 0 unspecified atom stereocenters. The Morgan fingerprint density at radius 2 is 2.44 bits per heavy atom. The highest BCUT2D eigenvalue weighted by atomic mass is 32.1. The van der Waals surface area contributed by atoms with E-state index >= 15 is 0 Å². The molecule has 0 atom stereocenters. The Morgan fingerprint density at radius 1 is 1.62 bits per heavy atom. The molecule has 0 spiro atoms. The molecule has 16 heavy (non-hydrogen) atoms. The summed E-state index contributed by atoms with van der Waals surface area (Å²) in [6.07, 6.45) is 0.792. The number of rotatable bonds is 1. The van der Waals surface area contributed by atoms with E-state index in [1.807, 2.05) is 6.92 Å². The van der Waals surface area contributed by atoms with Crippen molar-refractivity contribution in [3.63, 3.8) is 0 Å². The Bertz CT molecular complexity index is 416. The molecule has 0 radical (unpaired) electrons. The number of hydrogen-bond donors (Lipinski definition) is 1. The maximum absolute atomic E-state index is 12.0. The Labute approximate surface area is 97.5 Å². The minimum absolute atomic E-state index is 0.0993. The minimum atomic E-state index is -0.151. The summed E-state index contributed by atoms with van der Waals surface area (Å²) in [6, 6.07) is 0. The zero-order valence-corrected chi connectivity index (χ0v) is 9.84. The van der Waals surface area contributed by atoms with Crippen LogP contribution in [0.15, 0.2) is 5.38 Å². The Balaban J connectivity index is 2.11. The first-order chi connectivity index (χ1) is 7.66. The summed E-state index contributed by atoms with van der Waals surface area (Å²) in [6.45, 7) is 3.23. The number of carbonyl (C=O) groups excluding carboxylic acids is 2. The molecule has 0 bridgehead atoms. The molecule has 1 aliphatic heterocycles. The van der Waals surface area contributed by atoms with Gasteiger partial charge in [-0.05, 0) is 13.3 Å². The van der Waals surface area contributed by atoms with Gasteiger partial charge in [-0.25, -0.2) is 4.98 Å². The number of aromatic nitrogens is 1. The van der Waals surface area contributed by atoms with Gasteiger partial charge in [0.25, 0.3) is 5.91 Å². The smallest absolute Gasteiger partial charge is 0.273 e. The average Bonchev–Trinajstić information content (AvgIpc) is 2.56. The van der Waals surface area contributed by atoms with E-state index in [1.165, 1.54) is 11.3 Å². The quantitative estimate of drug-likeness (QED) is 0.772. The van der Waals surface area contributed by atoms with Crippen molar-refractivity contribution in [3.05, 3.63) is 16.1 Å². The number of thiazole rings is 1. The standard InChI is InChI=1S/C10H13N3O2S/c1-7-12-8(6-16-7)10(15)13-4-2-3-11-9(14)5-13/h6H,2-5H2,1H3,(H,11,14). The number of hydrogen-bond acceptors (Lipinski definition) is 4. The van der Waals surface area contributed by atoms with Gasteiger partial charge in [0, 0.05) is 18.5 Å². The van der Waals surface area contributed by atoms with Crippen molar-refractivity contribution in [2.45, 2.75) is 13.3 Å². The second-order valence-corrected chi connectivity index (χ2v) is 4.74. The molecule has 2 heterocycles. The Hall–Kier alpha value is -1.43. The summed E-state index contributed by atoms with van der Waals surface area (Å²) in [4.78, 5) is 29.0. The van der Waals surface area contributed by atoms with Crippen molar-refractivity contribution in [2.24, 2.45) is 0 Å². The van der Waals surface area contributed by atoms with Gasteiger partial charge in [0.05, 0.1) is 11.6 Å². The van der Waals surface area contributed by atoms with Gasteiger partial charge in [0.15, 0.2) is 0 Å². The molecular formula is C10H13N3O2S. The summed E-state index contributed by atoms with van der Waals surface area (Å²) in [5.41, 5.74) is 0.442. The number of aryl methyl sites for hydroxylation is 1. The number of amides is 2. The number of nitrogens with one attached hydrogen (secondary N) is 1. The fourth-order valence-electron chi connectivity index (χ4n) is 1.60. The molecule has 1 aliphatic rings. The van der Waals surface area contributed by atoms with Crippen LogP contribution in [0.25, 0.3) is 0 Å². The fraction of sp³-hybridized carbons (Fsp3) is 0.500. The van der Waals surface area contributed by atoms with Crippen LogP contribution in [0.1, 0.15) is 21.9 Å². The lowest BCUT2D eigenvalue weighted by molar-refractivity contribution is -0.121. The SMILES string of the molecule is Cc1nc(C(=O)N2CCCNC(=O)C2)cs1. The van der Waals surface area contributed by atoms with Crippen LogP contribution in [0.4, 0.5) is 0 Å². The second kappa shape index (κ2) is 4.61. The lowest BCUT2D eigenvalue weighted by Crippen LogP contribution is -2.37.